The van der Waals surface area contributed by atoms with Gasteiger partial charge in [-0.15, -0.1) is 0 Å². The number of para-hydroxylation sites is 2. The standard InChI is InChI=1S/C31H27N3O3/c35-28(21-32(26-17-9-3-10-18-26)27-19-11-4-12-20-27)33-22-30(37)34(23-29(33)36)31(24-13-5-1-6-14-24)25-15-7-2-8-16-25/h1-20,31H,21-23H2. The second-order valence-electron chi connectivity index (χ2n) is 8.88. The van der Waals surface area contributed by atoms with Crippen molar-refractivity contribution in [2.45, 2.75) is 6.04 Å². The molecular formula is C31H27N3O3. The Bertz CT molecular complexity index is 1280. The third-order valence-corrected chi connectivity index (χ3v) is 6.49. The monoisotopic (exact) mass is 489 g/mol. The van der Waals surface area contributed by atoms with E-state index in [1.54, 1.807) is 4.90 Å². The number of carbonyl (C=O) groups is 3. The Kier molecular flexibility index (Phi) is 7.08. The minimum Gasteiger partial charge on any atom is -0.332 e. The number of benzene rings is 4. The molecule has 37 heavy (non-hydrogen) atoms. The molecule has 1 aliphatic rings. The molecule has 0 bridgehead atoms. The van der Waals surface area contributed by atoms with Crippen molar-refractivity contribution in [2.75, 3.05) is 24.5 Å². The topological polar surface area (TPSA) is 60.9 Å². The van der Waals surface area contributed by atoms with Gasteiger partial charge in [-0.25, -0.2) is 0 Å². The summed E-state index contributed by atoms with van der Waals surface area (Å²) in [5, 5.41) is 0. The highest BCUT2D eigenvalue weighted by atomic mass is 16.2. The number of amides is 3. The normalized spacial score (nSPS) is 13.6. The maximum absolute atomic E-state index is 13.4. The van der Waals surface area contributed by atoms with Crippen molar-refractivity contribution >= 4 is 29.1 Å². The summed E-state index contributed by atoms with van der Waals surface area (Å²) in [7, 11) is 0. The number of anilines is 2. The van der Waals surface area contributed by atoms with Crippen molar-refractivity contribution in [1.82, 2.24) is 9.80 Å². The van der Waals surface area contributed by atoms with Crippen molar-refractivity contribution in [3.63, 3.8) is 0 Å². The Morgan fingerprint density at radius 3 is 1.51 bits per heavy atom. The van der Waals surface area contributed by atoms with Crippen LogP contribution in [0.5, 0.6) is 0 Å². The van der Waals surface area contributed by atoms with Gasteiger partial charge >= 0.3 is 0 Å². The van der Waals surface area contributed by atoms with Crippen LogP contribution in [0.3, 0.4) is 0 Å². The number of imide groups is 1. The van der Waals surface area contributed by atoms with Crippen molar-refractivity contribution in [1.29, 1.82) is 0 Å². The summed E-state index contributed by atoms with van der Waals surface area (Å²) in [5.74, 6) is -1.07. The first-order valence-electron chi connectivity index (χ1n) is 12.2. The molecule has 1 saturated heterocycles. The number of hydrogen-bond donors (Lipinski definition) is 0. The Hall–Kier alpha value is -4.71. The van der Waals surface area contributed by atoms with Gasteiger partial charge in [0.2, 0.25) is 17.7 Å². The third kappa shape index (κ3) is 5.28. The van der Waals surface area contributed by atoms with E-state index in [0.29, 0.717) is 0 Å². The second-order valence-corrected chi connectivity index (χ2v) is 8.88. The number of nitrogens with zero attached hydrogens (tertiary/aromatic N) is 3. The maximum Gasteiger partial charge on any atom is 0.249 e. The van der Waals surface area contributed by atoms with E-state index in [1.165, 1.54) is 0 Å². The molecule has 0 N–H and O–H groups in total. The third-order valence-electron chi connectivity index (χ3n) is 6.49. The molecule has 5 rings (SSSR count). The smallest absolute Gasteiger partial charge is 0.249 e. The molecule has 0 unspecified atom stereocenters. The van der Waals surface area contributed by atoms with E-state index in [1.807, 2.05) is 126 Å². The molecule has 0 saturated carbocycles. The number of hydrogen-bond acceptors (Lipinski definition) is 4. The van der Waals surface area contributed by atoms with Crippen LogP contribution >= 0.6 is 0 Å². The maximum atomic E-state index is 13.4. The molecule has 0 spiro atoms. The molecule has 0 aliphatic carbocycles. The Morgan fingerprint density at radius 1 is 0.622 bits per heavy atom. The minimum absolute atomic E-state index is 0.0617. The van der Waals surface area contributed by atoms with Gasteiger partial charge in [0.05, 0.1) is 6.04 Å². The van der Waals surface area contributed by atoms with Crippen LogP contribution < -0.4 is 4.90 Å². The first-order valence-corrected chi connectivity index (χ1v) is 12.2. The van der Waals surface area contributed by atoms with Crippen molar-refractivity contribution < 1.29 is 14.4 Å². The average Bonchev–Trinajstić information content (AvgIpc) is 2.95. The molecule has 6 heteroatoms. The van der Waals surface area contributed by atoms with E-state index in [0.717, 1.165) is 27.4 Å². The molecule has 1 aliphatic heterocycles. The minimum atomic E-state index is -0.416. The molecule has 3 amide bonds. The molecular weight excluding hydrogens is 462 g/mol. The van der Waals surface area contributed by atoms with Crippen molar-refractivity contribution in [2.24, 2.45) is 0 Å². The lowest BCUT2D eigenvalue weighted by Crippen LogP contribution is -2.57. The SMILES string of the molecule is O=C(CN(c1ccccc1)c1ccccc1)N1CC(=O)N(C(c2ccccc2)c2ccccc2)CC1=O. The molecule has 0 aromatic heterocycles. The van der Waals surface area contributed by atoms with Crippen LogP contribution in [-0.4, -0.2) is 47.2 Å². The molecule has 0 atom stereocenters. The molecule has 4 aromatic carbocycles. The first-order chi connectivity index (χ1) is 18.1. The number of piperazine rings is 1. The second kappa shape index (κ2) is 10.9. The van der Waals surface area contributed by atoms with Gasteiger partial charge in [0.25, 0.3) is 0 Å². The van der Waals surface area contributed by atoms with E-state index in [4.69, 9.17) is 0 Å². The molecule has 1 heterocycles. The summed E-state index contributed by atoms with van der Waals surface area (Å²) < 4.78 is 0. The lowest BCUT2D eigenvalue weighted by Gasteiger charge is -2.39. The van der Waals surface area contributed by atoms with Crippen LogP contribution in [-0.2, 0) is 14.4 Å². The van der Waals surface area contributed by atoms with Gasteiger partial charge in [-0.05, 0) is 35.4 Å². The van der Waals surface area contributed by atoms with Gasteiger partial charge in [0.15, 0.2) is 0 Å². The summed E-state index contributed by atoms with van der Waals surface area (Å²) in [6.07, 6.45) is 0. The summed E-state index contributed by atoms with van der Waals surface area (Å²) >= 11 is 0. The van der Waals surface area contributed by atoms with Crippen LogP contribution in [0.25, 0.3) is 0 Å². The summed E-state index contributed by atoms with van der Waals surface area (Å²) in [6.45, 7) is -0.519. The molecule has 4 aromatic rings. The van der Waals surface area contributed by atoms with E-state index in [9.17, 15) is 14.4 Å². The quantitative estimate of drug-likeness (QED) is 0.374. The Balaban J connectivity index is 1.38. The fraction of sp³-hybridized carbons (Fsp3) is 0.129. The van der Waals surface area contributed by atoms with Crippen LogP contribution in [0.1, 0.15) is 17.2 Å². The summed E-state index contributed by atoms with van der Waals surface area (Å²) in [5.41, 5.74) is 3.48. The van der Waals surface area contributed by atoms with Gasteiger partial charge in [-0.1, -0.05) is 97.1 Å². The van der Waals surface area contributed by atoms with Crippen LogP contribution in [0.2, 0.25) is 0 Å². The fourth-order valence-electron chi connectivity index (χ4n) is 4.69. The molecule has 1 fully saturated rings. The van der Waals surface area contributed by atoms with Gasteiger partial charge in [0.1, 0.15) is 19.6 Å². The zero-order chi connectivity index (χ0) is 25.6. The van der Waals surface area contributed by atoms with Gasteiger partial charge in [-0.2, -0.15) is 0 Å². The highest BCUT2D eigenvalue weighted by Crippen LogP contribution is 2.31. The van der Waals surface area contributed by atoms with Crippen LogP contribution in [0, 0.1) is 0 Å². The lowest BCUT2D eigenvalue weighted by molar-refractivity contribution is -0.158. The van der Waals surface area contributed by atoms with Crippen molar-refractivity contribution in [3.05, 3.63) is 132 Å². The highest BCUT2D eigenvalue weighted by molar-refractivity contribution is 6.05. The molecule has 184 valence electrons. The zero-order valence-electron chi connectivity index (χ0n) is 20.3. The lowest BCUT2D eigenvalue weighted by atomic mass is 9.96. The summed E-state index contributed by atoms with van der Waals surface area (Å²) in [4.78, 5) is 44.7. The highest BCUT2D eigenvalue weighted by Gasteiger charge is 2.38. The molecule has 0 radical (unpaired) electrons. The largest absolute Gasteiger partial charge is 0.332 e. The van der Waals surface area contributed by atoms with Gasteiger partial charge < -0.3 is 9.80 Å². The number of rotatable bonds is 7. The zero-order valence-corrected chi connectivity index (χ0v) is 20.3. The van der Waals surface area contributed by atoms with E-state index >= 15 is 0 Å². The van der Waals surface area contributed by atoms with E-state index < -0.39 is 11.9 Å². The first kappa shape index (κ1) is 24.0. The number of carbonyl (C=O) groups excluding carboxylic acids is 3. The van der Waals surface area contributed by atoms with E-state index in [2.05, 4.69) is 0 Å². The Morgan fingerprint density at radius 2 is 1.05 bits per heavy atom. The summed E-state index contributed by atoms with van der Waals surface area (Å²) in [6, 6.07) is 37.9. The van der Waals surface area contributed by atoms with Crippen LogP contribution in [0.4, 0.5) is 11.4 Å². The average molecular weight is 490 g/mol. The predicted octanol–water partition coefficient (Wildman–Crippen LogP) is 4.81. The van der Waals surface area contributed by atoms with Gasteiger partial charge in [-0.3, -0.25) is 19.3 Å². The van der Waals surface area contributed by atoms with Crippen LogP contribution in [0.15, 0.2) is 121 Å². The van der Waals surface area contributed by atoms with Gasteiger partial charge in [0, 0.05) is 11.4 Å². The Labute approximate surface area is 216 Å². The molecule has 6 nitrogen and oxygen atoms in total. The predicted molar refractivity (Wildman–Crippen MR) is 143 cm³/mol. The van der Waals surface area contributed by atoms with E-state index in [-0.39, 0.29) is 31.4 Å². The van der Waals surface area contributed by atoms with Crippen molar-refractivity contribution in [3.8, 4) is 0 Å². The fourth-order valence-corrected chi connectivity index (χ4v) is 4.69.